The molecule has 12 heavy (non-hydrogen) atoms. The Labute approximate surface area is 77.0 Å². The second-order valence-electron chi connectivity index (χ2n) is 2.42. The van der Waals surface area contributed by atoms with Crippen molar-refractivity contribution in [3.8, 4) is 0 Å². The first-order valence-corrected chi connectivity index (χ1v) is 5.12. The molecule has 3 nitrogen and oxygen atoms in total. The van der Waals surface area contributed by atoms with Crippen molar-refractivity contribution in [1.29, 1.82) is 0 Å². The van der Waals surface area contributed by atoms with Gasteiger partial charge < -0.3 is 5.32 Å². The van der Waals surface area contributed by atoms with Gasteiger partial charge in [0, 0.05) is 12.7 Å². The molecule has 0 amide bonds. The third-order valence-electron chi connectivity index (χ3n) is 1.45. The van der Waals surface area contributed by atoms with Crippen LogP contribution >= 0.6 is 11.8 Å². The van der Waals surface area contributed by atoms with Crippen molar-refractivity contribution in [2.75, 3.05) is 18.1 Å². The predicted molar refractivity (Wildman–Crippen MR) is 52.7 cm³/mol. The second kappa shape index (κ2) is 4.30. The van der Waals surface area contributed by atoms with Gasteiger partial charge in [-0.15, -0.1) is 11.8 Å². The standard InChI is InChI=1S/C8H13N3S/c1-4-9-8-10-5-6(2)7(11-8)12-3/h5H,4H2,1-3H3,(H,9,10,11). The monoisotopic (exact) mass is 183 g/mol. The number of aromatic nitrogens is 2. The molecule has 0 atom stereocenters. The Balaban J connectivity index is 2.89. The van der Waals surface area contributed by atoms with Gasteiger partial charge >= 0.3 is 0 Å². The van der Waals surface area contributed by atoms with Gasteiger partial charge in [0.15, 0.2) is 0 Å². The first-order valence-electron chi connectivity index (χ1n) is 3.89. The molecular weight excluding hydrogens is 170 g/mol. The lowest BCUT2D eigenvalue weighted by molar-refractivity contribution is 0.985. The molecule has 66 valence electrons. The molecular formula is C8H13N3S. The number of aryl methyl sites for hydroxylation is 1. The molecule has 1 heterocycles. The fourth-order valence-electron chi connectivity index (χ4n) is 0.876. The van der Waals surface area contributed by atoms with Gasteiger partial charge in [-0.3, -0.25) is 0 Å². The maximum absolute atomic E-state index is 4.32. The molecule has 0 aliphatic carbocycles. The molecule has 4 heteroatoms. The van der Waals surface area contributed by atoms with Gasteiger partial charge in [-0.1, -0.05) is 0 Å². The van der Waals surface area contributed by atoms with E-state index in [1.165, 1.54) is 0 Å². The molecule has 1 rings (SSSR count). The van der Waals surface area contributed by atoms with E-state index in [2.05, 4.69) is 15.3 Å². The van der Waals surface area contributed by atoms with Crippen LogP contribution in [0, 0.1) is 6.92 Å². The number of thioether (sulfide) groups is 1. The summed E-state index contributed by atoms with van der Waals surface area (Å²) < 4.78 is 0. The number of hydrogen-bond acceptors (Lipinski definition) is 4. The van der Waals surface area contributed by atoms with Gasteiger partial charge in [-0.25, -0.2) is 9.97 Å². The zero-order chi connectivity index (χ0) is 8.97. The summed E-state index contributed by atoms with van der Waals surface area (Å²) in [7, 11) is 0. The van der Waals surface area contributed by atoms with Crippen LogP contribution < -0.4 is 5.32 Å². The summed E-state index contributed by atoms with van der Waals surface area (Å²) in [5.41, 5.74) is 1.13. The summed E-state index contributed by atoms with van der Waals surface area (Å²) in [6.07, 6.45) is 3.86. The molecule has 1 aromatic rings. The largest absolute Gasteiger partial charge is 0.354 e. The van der Waals surface area contributed by atoms with Gasteiger partial charge in [-0.2, -0.15) is 0 Å². The Morgan fingerprint density at radius 1 is 1.58 bits per heavy atom. The molecule has 0 aromatic carbocycles. The van der Waals surface area contributed by atoms with Crippen LogP contribution in [0.15, 0.2) is 11.2 Å². The molecule has 0 saturated heterocycles. The third-order valence-corrected chi connectivity index (χ3v) is 2.25. The Kier molecular flexibility index (Phi) is 3.34. The molecule has 0 aliphatic heterocycles. The van der Waals surface area contributed by atoms with Crippen LogP contribution in [0.4, 0.5) is 5.95 Å². The van der Waals surface area contributed by atoms with Gasteiger partial charge in [0.1, 0.15) is 5.03 Å². The van der Waals surface area contributed by atoms with E-state index in [4.69, 9.17) is 0 Å². The average molecular weight is 183 g/mol. The maximum atomic E-state index is 4.32. The number of hydrogen-bond donors (Lipinski definition) is 1. The summed E-state index contributed by atoms with van der Waals surface area (Å²) in [6, 6.07) is 0. The third kappa shape index (κ3) is 2.11. The summed E-state index contributed by atoms with van der Waals surface area (Å²) in [6.45, 7) is 4.90. The smallest absolute Gasteiger partial charge is 0.223 e. The van der Waals surface area contributed by atoms with E-state index in [0.29, 0.717) is 5.95 Å². The van der Waals surface area contributed by atoms with E-state index in [-0.39, 0.29) is 0 Å². The minimum Gasteiger partial charge on any atom is -0.354 e. The molecule has 1 N–H and O–H groups in total. The van der Waals surface area contributed by atoms with Crippen molar-refractivity contribution < 1.29 is 0 Å². The van der Waals surface area contributed by atoms with Crippen molar-refractivity contribution in [3.05, 3.63) is 11.8 Å². The van der Waals surface area contributed by atoms with E-state index in [1.807, 2.05) is 26.3 Å². The van der Waals surface area contributed by atoms with E-state index in [0.717, 1.165) is 17.1 Å². The fraction of sp³-hybridized carbons (Fsp3) is 0.500. The van der Waals surface area contributed by atoms with Crippen molar-refractivity contribution >= 4 is 17.7 Å². The molecule has 1 aromatic heterocycles. The number of nitrogens with one attached hydrogen (secondary N) is 1. The second-order valence-corrected chi connectivity index (χ2v) is 3.21. The minimum absolute atomic E-state index is 0.715. The van der Waals surface area contributed by atoms with Crippen LogP contribution in [0.2, 0.25) is 0 Å². The summed E-state index contributed by atoms with van der Waals surface area (Å²) in [5.74, 6) is 0.715. The molecule has 0 bridgehead atoms. The van der Waals surface area contributed by atoms with Crippen molar-refractivity contribution in [3.63, 3.8) is 0 Å². The molecule has 0 spiro atoms. The number of rotatable bonds is 3. The summed E-state index contributed by atoms with van der Waals surface area (Å²) in [5, 5.41) is 4.12. The van der Waals surface area contributed by atoms with E-state index >= 15 is 0 Å². The highest BCUT2D eigenvalue weighted by atomic mass is 32.2. The molecule has 0 saturated carbocycles. The van der Waals surface area contributed by atoms with E-state index in [1.54, 1.807) is 11.8 Å². The highest BCUT2D eigenvalue weighted by Gasteiger charge is 2.00. The normalized spacial score (nSPS) is 9.92. The first kappa shape index (κ1) is 9.32. The highest BCUT2D eigenvalue weighted by Crippen LogP contribution is 2.16. The van der Waals surface area contributed by atoms with Gasteiger partial charge in [0.2, 0.25) is 5.95 Å². The minimum atomic E-state index is 0.715. The lowest BCUT2D eigenvalue weighted by Crippen LogP contribution is -2.02. The Hall–Kier alpha value is -0.770. The Bertz CT molecular complexity index is 262. The van der Waals surface area contributed by atoms with Gasteiger partial charge in [0.05, 0.1) is 0 Å². The molecule has 0 aliphatic rings. The molecule has 0 unspecified atom stereocenters. The highest BCUT2D eigenvalue weighted by molar-refractivity contribution is 7.98. The zero-order valence-corrected chi connectivity index (χ0v) is 8.40. The fourth-order valence-corrected chi connectivity index (χ4v) is 1.43. The van der Waals surface area contributed by atoms with Crippen LogP contribution in [0.3, 0.4) is 0 Å². The number of anilines is 1. The van der Waals surface area contributed by atoms with Crippen LogP contribution in [0.1, 0.15) is 12.5 Å². The number of nitrogens with zero attached hydrogens (tertiary/aromatic N) is 2. The van der Waals surface area contributed by atoms with Crippen molar-refractivity contribution in [2.24, 2.45) is 0 Å². The summed E-state index contributed by atoms with van der Waals surface area (Å²) >= 11 is 1.64. The maximum Gasteiger partial charge on any atom is 0.223 e. The lowest BCUT2D eigenvalue weighted by Gasteiger charge is -2.04. The van der Waals surface area contributed by atoms with E-state index in [9.17, 15) is 0 Å². The van der Waals surface area contributed by atoms with Gasteiger partial charge in [-0.05, 0) is 25.7 Å². The van der Waals surface area contributed by atoms with Crippen molar-refractivity contribution in [2.45, 2.75) is 18.9 Å². The van der Waals surface area contributed by atoms with Crippen LogP contribution in [-0.2, 0) is 0 Å². The van der Waals surface area contributed by atoms with E-state index < -0.39 is 0 Å². The Morgan fingerprint density at radius 3 is 2.92 bits per heavy atom. The quantitative estimate of drug-likeness (QED) is 0.574. The van der Waals surface area contributed by atoms with Crippen LogP contribution in [0.5, 0.6) is 0 Å². The van der Waals surface area contributed by atoms with Gasteiger partial charge in [0.25, 0.3) is 0 Å². The van der Waals surface area contributed by atoms with Crippen molar-refractivity contribution in [1.82, 2.24) is 9.97 Å². The lowest BCUT2D eigenvalue weighted by atomic mass is 10.4. The SMILES string of the molecule is CCNc1ncc(C)c(SC)n1. The first-order chi connectivity index (χ1) is 5.77. The topological polar surface area (TPSA) is 37.8 Å². The summed E-state index contributed by atoms with van der Waals surface area (Å²) in [4.78, 5) is 8.46. The predicted octanol–water partition coefficient (Wildman–Crippen LogP) is 1.94. The van der Waals surface area contributed by atoms with Crippen LogP contribution in [-0.4, -0.2) is 22.8 Å². The Morgan fingerprint density at radius 2 is 2.33 bits per heavy atom. The molecule has 0 fully saturated rings. The zero-order valence-electron chi connectivity index (χ0n) is 7.59. The average Bonchev–Trinajstić information content (AvgIpc) is 2.09. The van der Waals surface area contributed by atoms with Crippen LogP contribution in [0.25, 0.3) is 0 Å². The molecule has 0 radical (unpaired) electrons.